The predicted molar refractivity (Wildman–Crippen MR) is 84.7 cm³/mol. The topological polar surface area (TPSA) is 129 Å². The molecule has 0 aromatic heterocycles. The number of aliphatic imine (C=N–C) groups is 2. The Morgan fingerprint density at radius 1 is 1.25 bits per heavy atom. The number of carbonyl (C=O) groups is 3. The Kier molecular flexibility index (Phi) is 6.01. The number of nitrogens with zero attached hydrogens (tertiary/aromatic N) is 2. The molecule has 9 heteroatoms. The number of ether oxygens (including phenoxy) is 1. The zero-order valence-corrected chi connectivity index (χ0v) is 12.6. The molecule has 0 fully saturated rings. The third-order valence-electron chi connectivity index (χ3n) is 3.02. The second kappa shape index (κ2) is 8.42. The summed E-state index contributed by atoms with van der Waals surface area (Å²) in [7, 11) is 0. The molecule has 0 bridgehead atoms. The number of aliphatic hydroxyl groups excluding tert-OH is 1. The van der Waals surface area contributed by atoms with E-state index in [4.69, 9.17) is 4.74 Å². The first-order valence-corrected chi connectivity index (χ1v) is 7.13. The molecule has 24 heavy (non-hydrogen) atoms. The molecule has 0 spiro atoms. The quantitative estimate of drug-likeness (QED) is 0.690. The van der Waals surface area contributed by atoms with Gasteiger partial charge in [0.15, 0.2) is 6.04 Å². The molecular weight excluding hydrogens is 316 g/mol. The molecule has 1 aliphatic heterocycles. The van der Waals surface area contributed by atoms with Crippen LogP contribution in [0.15, 0.2) is 40.3 Å². The minimum absolute atomic E-state index is 0.0154. The van der Waals surface area contributed by atoms with Crippen molar-refractivity contribution in [2.24, 2.45) is 9.98 Å². The van der Waals surface area contributed by atoms with Gasteiger partial charge in [0, 0.05) is 13.0 Å². The average molecular weight is 332 g/mol. The molecule has 1 aromatic carbocycles. The van der Waals surface area contributed by atoms with Gasteiger partial charge in [0.2, 0.25) is 11.8 Å². The van der Waals surface area contributed by atoms with Gasteiger partial charge in [-0.1, -0.05) is 30.3 Å². The Morgan fingerprint density at radius 2 is 2.00 bits per heavy atom. The molecule has 0 radical (unpaired) electrons. The monoisotopic (exact) mass is 332 g/mol. The summed E-state index contributed by atoms with van der Waals surface area (Å²) in [6.45, 7) is 0.138. The lowest BCUT2D eigenvalue weighted by molar-refractivity contribution is -0.126. The number of carbonyl (C=O) groups excluding carboxylic acids is 3. The fourth-order valence-electron chi connectivity index (χ4n) is 1.82. The molecule has 126 valence electrons. The van der Waals surface area contributed by atoms with Crippen LogP contribution >= 0.6 is 0 Å². The maximum absolute atomic E-state index is 11.7. The van der Waals surface area contributed by atoms with Crippen molar-refractivity contribution in [2.75, 3.05) is 6.54 Å². The summed E-state index contributed by atoms with van der Waals surface area (Å²) in [6, 6.07) is 7.86. The van der Waals surface area contributed by atoms with Crippen LogP contribution in [-0.2, 0) is 20.9 Å². The van der Waals surface area contributed by atoms with Crippen molar-refractivity contribution in [3.63, 3.8) is 0 Å². The zero-order chi connectivity index (χ0) is 17.4. The molecule has 0 saturated carbocycles. The SMILES string of the molecule is O=C(CCNC(=O)OCc1ccccc1)NC1C(=O)N=CN=C1O. The third-order valence-corrected chi connectivity index (χ3v) is 3.02. The summed E-state index contributed by atoms with van der Waals surface area (Å²) in [6.07, 6.45) is 0.153. The van der Waals surface area contributed by atoms with Crippen molar-refractivity contribution in [1.82, 2.24) is 10.6 Å². The predicted octanol–water partition coefficient (Wildman–Crippen LogP) is 0.313. The van der Waals surface area contributed by atoms with Crippen LogP contribution < -0.4 is 10.6 Å². The van der Waals surface area contributed by atoms with Gasteiger partial charge >= 0.3 is 6.09 Å². The summed E-state index contributed by atoms with van der Waals surface area (Å²) in [5.41, 5.74) is 0.844. The molecule has 3 amide bonds. The highest BCUT2D eigenvalue weighted by Gasteiger charge is 2.27. The van der Waals surface area contributed by atoms with Crippen LogP contribution in [0.3, 0.4) is 0 Å². The highest BCUT2D eigenvalue weighted by atomic mass is 16.5. The van der Waals surface area contributed by atoms with Crippen molar-refractivity contribution in [3.05, 3.63) is 35.9 Å². The Hall–Kier alpha value is -3.23. The van der Waals surface area contributed by atoms with Crippen molar-refractivity contribution < 1.29 is 24.2 Å². The number of nitrogens with one attached hydrogen (secondary N) is 2. The van der Waals surface area contributed by atoms with Gasteiger partial charge < -0.3 is 20.5 Å². The normalized spacial score (nSPS) is 16.2. The van der Waals surface area contributed by atoms with E-state index < -0.39 is 29.8 Å². The Bertz CT molecular complexity index is 672. The lowest BCUT2D eigenvalue weighted by Crippen LogP contribution is -2.47. The summed E-state index contributed by atoms with van der Waals surface area (Å²) in [4.78, 5) is 41.4. The number of alkyl carbamates (subject to hydrolysis) is 1. The second-order valence-electron chi connectivity index (χ2n) is 4.81. The Morgan fingerprint density at radius 3 is 2.71 bits per heavy atom. The fraction of sp³-hybridized carbons (Fsp3) is 0.267. The fourth-order valence-corrected chi connectivity index (χ4v) is 1.82. The Labute approximate surface area is 137 Å². The van der Waals surface area contributed by atoms with Crippen molar-refractivity contribution in [3.8, 4) is 0 Å². The van der Waals surface area contributed by atoms with Crippen LogP contribution in [0.4, 0.5) is 4.79 Å². The summed E-state index contributed by atoms with van der Waals surface area (Å²) in [5, 5.41) is 14.1. The van der Waals surface area contributed by atoms with Crippen LogP contribution in [-0.4, -0.2) is 47.8 Å². The molecule has 1 heterocycles. The molecule has 3 N–H and O–H groups in total. The standard InChI is InChI=1S/C15H16N4O5/c20-11(19-12-13(21)17-9-18-14(12)22)6-7-16-15(23)24-8-10-4-2-1-3-5-10/h1-5,9,12H,6-8H2,(H,16,23)(H,19,20)(H,17,18,21,22). The number of hydrogen-bond acceptors (Lipinski definition) is 5. The summed E-state index contributed by atoms with van der Waals surface area (Å²) >= 11 is 0. The van der Waals surface area contributed by atoms with Crippen molar-refractivity contribution in [1.29, 1.82) is 0 Å². The molecular formula is C15H16N4O5. The van der Waals surface area contributed by atoms with Gasteiger partial charge in [0.1, 0.15) is 12.9 Å². The van der Waals surface area contributed by atoms with Crippen LogP contribution in [0.5, 0.6) is 0 Å². The highest BCUT2D eigenvalue weighted by Crippen LogP contribution is 2.00. The molecule has 0 aliphatic carbocycles. The van der Waals surface area contributed by atoms with Crippen LogP contribution in [0.2, 0.25) is 0 Å². The van der Waals surface area contributed by atoms with E-state index in [-0.39, 0.29) is 19.6 Å². The first kappa shape index (κ1) is 17.1. The number of hydrogen-bond donors (Lipinski definition) is 3. The van der Waals surface area contributed by atoms with Crippen LogP contribution in [0.1, 0.15) is 12.0 Å². The van der Waals surface area contributed by atoms with Gasteiger partial charge in [-0.2, -0.15) is 4.99 Å². The molecule has 1 unspecified atom stereocenters. The van der Waals surface area contributed by atoms with Gasteiger partial charge in [-0.25, -0.2) is 9.79 Å². The van der Waals surface area contributed by atoms with Gasteiger partial charge in [-0.05, 0) is 5.56 Å². The molecule has 1 aliphatic rings. The first-order chi connectivity index (χ1) is 11.6. The summed E-state index contributed by atoms with van der Waals surface area (Å²) < 4.78 is 4.98. The molecule has 1 atom stereocenters. The molecule has 2 rings (SSSR count). The van der Waals surface area contributed by atoms with E-state index in [1.165, 1.54) is 0 Å². The first-order valence-electron chi connectivity index (χ1n) is 7.13. The third kappa shape index (κ3) is 5.20. The largest absolute Gasteiger partial charge is 0.494 e. The van der Waals surface area contributed by atoms with Crippen LogP contribution in [0.25, 0.3) is 0 Å². The lowest BCUT2D eigenvalue weighted by Gasteiger charge is -2.15. The second-order valence-corrected chi connectivity index (χ2v) is 4.81. The van der Waals surface area contributed by atoms with E-state index in [0.717, 1.165) is 11.9 Å². The summed E-state index contributed by atoms with van der Waals surface area (Å²) in [5.74, 6) is -1.79. The van der Waals surface area contributed by atoms with E-state index >= 15 is 0 Å². The molecule has 1 aromatic rings. The number of amides is 3. The van der Waals surface area contributed by atoms with Gasteiger partial charge in [0.05, 0.1) is 0 Å². The van der Waals surface area contributed by atoms with Gasteiger partial charge in [0.25, 0.3) is 5.91 Å². The van der Waals surface area contributed by atoms with E-state index in [0.29, 0.717) is 0 Å². The highest BCUT2D eigenvalue weighted by molar-refractivity contribution is 6.12. The lowest BCUT2D eigenvalue weighted by atomic mass is 10.2. The Balaban J connectivity index is 1.65. The van der Waals surface area contributed by atoms with E-state index in [9.17, 15) is 19.5 Å². The minimum atomic E-state index is -1.28. The molecule has 9 nitrogen and oxygen atoms in total. The maximum atomic E-state index is 11.7. The minimum Gasteiger partial charge on any atom is -0.494 e. The van der Waals surface area contributed by atoms with Crippen molar-refractivity contribution >= 4 is 30.1 Å². The number of aliphatic hydroxyl groups is 1. The smallest absolute Gasteiger partial charge is 0.407 e. The molecule has 0 saturated heterocycles. The van der Waals surface area contributed by atoms with E-state index in [1.54, 1.807) is 0 Å². The van der Waals surface area contributed by atoms with E-state index in [1.807, 2.05) is 30.3 Å². The zero-order valence-electron chi connectivity index (χ0n) is 12.6. The van der Waals surface area contributed by atoms with Crippen LogP contribution in [0, 0.1) is 0 Å². The maximum Gasteiger partial charge on any atom is 0.407 e. The number of benzene rings is 1. The van der Waals surface area contributed by atoms with Gasteiger partial charge in [-0.15, -0.1) is 0 Å². The number of rotatable bonds is 6. The van der Waals surface area contributed by atoms with Gasteiger partial charge in [-0.3, -0.25) is 9.59 Å². The van der Waals surface area contributed by atoms with E-state index in [2.05, 4.69) is 20.6 Å². The average Bonchev–Trinajstić information content (AvgIpc) is 2.57. The van der Waals surface area contributed by atoms with Crippen molar-refractivity contribution in [2.45, 2.75) is 19.1 Å².